The third kappa shape index (κ3) is 3.79. The van der Waals surface area contributed by atoms with Gasteiger partial charge in [-0.05, 0) is 0 Å². The maximum atomic E-state index is 11.1. The number of ether oxygens (including phenoxy) is 1. The van der Waals surface area contributed by atoms with Crippen LogP contribution in [0.3, 0.4) is 0 Å². The van der Waals surface area contributed by atoms with Crippen molar-refractivity contribution in [3.8, 4) is 5.88 Å². The molecule has 0 amide bonds. The predicted molar refractivity (Wildman–Crippen MR) is 62.7 cm³/mol. The van der Waals surface area contributed by atoms with E-state index in [1.165, 1.54) is 0 Å². The van der Waals surface area contributed by atoms with Crippen LogP contribution in [0.1, 0.15) is 0 Å². The van der Waals surface area contributed by atoms with Gasteiger partial charge in [0.15, 0.2) is 5.69 Å². The first-order valence-electron chi connectivity index (χ1n) is 5.26. The molecule has 10 heteroatoms. The van der Waals surface area contributed by atoms with Crippen LogP contribution in [0.15, 0.2) is 9.59 Å². The van der Waals surface area contributed by atoms with E-state index in [2.05, 4.69) is 4.98 Å². The monoisotopic (exact) mass is 277 g/mol. The van der Waals surface area contributed by atoms with Gasteiger partial charge < -0.3 is 30.9 Å². The Kier molecular flexibility index (Phi) is 5.06. The molecule has 0 radical (unpaired) electrons. The Hall–Kier alpha value is -1.88. The quantitative estimate of drug-likeness (QED) is 0.275. The van der Waals surface area contributed by atoms with Crippen molar-refractivity contribution in [3.05, 3.63) is 20.8 Å². The molecule has 108 valence electrons. The van der Waals surface area contributed by atoms with Crippen molar-refractivity contribution in [1.82, 2.24) is 9.97 Å². The Morgan fingerprint density at radius 3 is 2.37 bits per heavy atom. The van der Waals surface area contributed by atoms with E-state index in [0.29, 0.717) is 0 Å². The van der Waals surface area contributed by atoms with Crippen molar-refractivity contribution in [3.63, 3.8) is 0 Å². The molecule has 1 heterocycles. The zero-order valence-electron chi connectivity index (χ0n) is 9.74. The molecule has 0 spiro atoms. The lowest BCUT2D eigenvalue weighted by atomic mass is 10.1. The first-order valence-corrected chi connectivity index (χ1v) is 5.26. The summed E-state index contributed by atoms with van der Waals surface area (Å²) in [5, 5.41) is 36.4. The van der Waals surface area contributed by atoms with Gasteiger partial charge in [-0.15, -0.1) is 0 Å². The van der Waals surface area contributed by atoms with Crippen LogP contribution < -0.4 is 21.7 Å². The van der Waals surface area contributed by atoms with Gasteiger partial charge in [-0.2, -0.15) is 0 Å². The summed E-state index contributed by atoms with van der Waals surface area (Å²) >= 11 is 0. The normalized spacial score (nSPS) is 15.8. The Morgan fingerprint density at radius 1 is 1.16 bits per heavy atom. The topological polar surface area (TPSA) is 182 Å². The van der Waals surface area contributed by atoms with Gasteiger partial charge in [0.1, 0.15) is 24.9 Å². The Balaban J connectivity index is 2.72. The molecule has 3 atom stereocenters. The van der Waals surface area contributed by atoms with Crippen LogP contribution in [-0.4, -0.2) is 61.9 Å². The second-order valence-electron chi connectivity index (χ2n) is 3.77. The minimum Gasteiger partial charge on any atom is -0.474 e. The van der Waals surface area contributed by atoms with Crippen LogP contribution in [-0.2, 0) is 0 Å². The van der Waals surface area contributed by atoms with E-state index in [0.717, 1.165) is 0 Å². The molecule has 0 aliphatic heterocycles. The number of nitrogens with one attached hydrogen (secondary N) is 2. The Labute approximate surface area is 106 Å². The molecule has 1 aromatic heterocycles. The molecule has 1 rings (SSSR count). The molecule has 8 N–H and O–H groups in total. The van der Waals surface area contributed by atoms with Gasteiger partial charge in [-0.1, -0.05) is 0 Å². The predicted octanol–water partition coefficient (Wildman–Crippen LogP) is -3.90. The summed E-state index contributed by atoms with van der Waals surface area (Å²) in [7, 11) is 0. The molecule has 19 heavy (non-hydrogen) atoms. The summed E-state index contributed by atoms with van der Waals surface area (Å²) in [5.74, 6) is -0.363. The number of hydrogen-bond acceptors (Lipinski definition) is 8. The van der Waals surface area contributed by atoms with Gasteiger partial charge in [0.05, 0.1) is 6.61 Å². The Bertz CT molecular complexity index is 525. The third-order valence-corrected chi connectivity index (χ3v) is 2.32. The van der Waals surface area contributed by atoms with Crippen LogP contribution in [0.2, 0.25) is 0 Å². The lowest BCUT2D eigenvalue weighted by Crippen LogP contribution is -2.42. The summed E-state index contributed by atoms with van der Waals surface area (Å²) in [4.78, 5) is 26.0. The molecule has 0 aliphatic carbocycles. The number of H-pyrrole nitrogens is 2. The fourth-order valence-corrected chi connectivity index (χ4v) is 1.22. The Morgan fingerprint density at radius 2 is 1.79 bits per heavy atom. The highest BCUT2D eigenvalue weighted by molar-refractivity contribution is 5.44. The summed E-state index contributed by atoms with van der Waals surface area (Å²) in [6.45, 7) is -1.30. The van der Waals surface area contributed by atoms with Gasteiger partial charge in [0, 0.05) is 0 Å². The van der Waals surface area contributed by atoms with Crippen molar-refractivity contribution >= 4 is 5.69 Å². The molecule has 0 aromatic carbocycles. The smallest absolute Gasteiger partial charge is 0.328 e. The molecule has 10 nitrogen and oxygen atoms in total. The molecule has 1 aromatic rings. The molecule has 0 saturated heterocycles. The highest BCUT2D eigenvalue weighted by Crippen LogP contribution is 2.10. The van der Waals surface area contributed by atoms with Crippen LogP contribution in [0.5, 0.6) is 5.88 Å². The summed E-state index contributed by atoms with van der Waals surface area (Å²) in [5.41, 5.74) is 3.22. The van der Waals surface area contributed by atoms with E-state index in [-0.39, 0.29) is 5.88 Å². The maximum Gasteiger partial charge on any atom is 0.328 e. The average molecular weight is 277 g/mol. The number of aliphatic hydroxyl groups excluding tert-OH is 4. The molecule has 0 bridgehead atoms. The summed E-state index contributed by atoms with van der Waals surface area (Å²) in [6, 6.07) is 0. The van der Waals surface area contributed by atoms with Gasteiger partial charge in [-0.3, -0.25) is 14.8 Å². The third-order valence-electron chi connectivity index (χ3n) is 2.32. The van der Waals surface area contributed by atoms with E-state index in [4.69, 9.17) is 20.7 Å². The molecule has 0 fully saturated rings. The van der Waals surface area contributed by atoms with E-state index < -0.39 is 48.5 Å². The van der Waals surface area contributed by atoms with Crippen molar-refractivity contribution in [1.29, 1.82) is 0 Å². The van der Waals surface area contributed by atoms with E-state index in [9.17, 15) is 19.8 Å². The minimum atomic E-state index is -1.65. The van der Waals surface area contributed by atoms with Gasteiger partial charge in [-0.25, -0.2) is 4.79 Å². The van der Waals surface area contributed by atoms with Crippen LogP contribution in [0.4, 0.5) is 5.69 Å². The molecule has 0 aliphatic rings. The molecule has 0 saturated carbocycles. The number of anilines is 1. The lowest BCUT2D eigenvalue weighted by molar-refractivity contribution is -0.0874. The zero-order chi connectivity index (χ0) is 14.6. The highest BCUT2D eigenvalue weighted by Gasteiger charge is 2.25. The van der Waals surface area contributed by atoms with Crippen LogP contribution in [0, 0.1) is 0 Å². The first-order chi connectivity index (χ1) is 8.86. The van der Waals surface area contributed by atoms with E-state index >= 15 is 0 Å². The standard InChI is InChI=1S/C9H15N3O7/c10-5-7(17)11-9(18)12-8(5)19-2-4(15)6(16)3(14)1-13/h3-4,6,13-16H,1-2,10H2,(H2,11,12,17,18). The molecule has 3 unspecified atom stereocenters. The number of rotatable bonds is 6. The van der Waals surface area contributed by atoms with Crippen LogP contribution >= 0.6 is 0 Å². The number of aliphatic hydroxyl groups is 4. The van der Waals surface area contributed by atoms with Crippen molar-refractivity contribution < 1.29 is 25.2 Å². The molecular weight excluding hydrogens is 262 g/mol. The number of nitrogen functional groups attached to an aromatic ring is 1. The summed E-state index contributed by atoms with van der Waals surface area (Å²) < 4.78 is 4.87. The average Bonchev–Trinajstić information content (AvgIpc) is 2.38. The number of aromatic amines is 2. The zero-order valence-corrected chi connectivity index (χ0v) is 9.74. The van der Waals surface area contributed by atoms with Gasteiger partial charge >= 0.3 is 5.69 Å². The first kappa shape index (κ1) is 15.2. The van der Waals surface area contributed by atoms with Gasteiger partial charge in [0.2, 0.25) is 5.88 Å². The fourth-order valence-electron chi connectivity index (χ4n) is 1.22. The second kappa shape index (κ2) is 6.33. The molecular formula is C9H15N3O7. The van der Waals surface area contributed by atoms with Crippen molar-refractivity contribution in [2.75, 3.05) is 18.9 Å². The summed E-state index contributed by atoms with van der Waals surface area (Å²) in [6.07, 6.45) is -4.75. The number of nitrogens with two attached hydrogens (primary N) is 1. The van der Waals surface area contributed by atoms with E-state index in [1.807, 2.05) is 4.98 Å². The second-order valence-corrected chi connectivity index (χ2v) is 3.77. The van der Waals surface area contributed by atoms with Crippen molar-refractivity contribution in [2.24, 2.45) is 0 Å². The van der Waals surface area contributed by atoms with Crippen LogP contribution in [0.25, 0.3) is 0 Å². The fraction of sp³-hybridized carbons (Fsp3) is 0.556. The largest absolute Gasteiger partial charge is 0.474 e. The van der Waals surface area contributed by atoms with Crippen molar-refractivity contribution in [2.45, 2.75) is 18.3 Å². The highest BCUT2D eigenvalue weighted by atomic mass is 16.5. The SMILES string of the molecule is Nc1c(OCC(O)C(O)C(O)CO)[nH]c(=O)[nH]c1=O. The number of hydrogen-bond donors (Lipinski definition) is 7. The maximum absolute atomic E-state index is 11.1. The van der Waals surface area contributed by atoms with Gasteiger partial charge in [0.25, 0.3) is 5.56 Å². The lowest BCUT2D eigenvalue weighted by Gasteiger charge is -2.21. The minimum absolute atomic E-state index is 0.363. The van der Waals surface area contributed by atoms with E-state index in [1.54, 1.807) is 0 Å². The number of aromatic nitrogens is 2.